The Hall–Kier alpha value is -2.87. The maximum Gasteiger partial charge on any atom is 0.355 e. The van der Waals surface area contributed by atoms with Crippen molar-refractivity contribution >= 4 is 29.2 Å². The molecule has 0 N–H and O–H groups in total. The first-order chi connectivity index (χ1) is 13.0. The minimum atomic E-state index is -0.652. The number of nitrogens with zero attached hydrogens (tertiary/aromatic N) is 2. The summed E-state index contributed by atoms with van der Waals surface area (Å²) in [5.74, 6) is -1.23. The number of benzene rings is 1. The van der Waals surface area contributed by atoms with Crippen LogP contribution in [0.5, 0.6) is 0 Å². The van der Waals surface area contributed by atoms with Crippen LogP contribution in [0.25, 0.3) is 0 Å². The summed E-state index contributed by atoms with van der Waals surface area (Å²) >= 11 is 0. The average molecular weight is 374 g/mol. The van der Waals surface area contributed by atoms with Crippen molar-refractivity contribution in [3.63, 3.8) is 0 Å². The van der Waals surface area contributed by atoms with Crippen molar-refractivity contribution in [3.05, 3.63) is 35.0 Å². The van der Waals surface area contributed by atoms with Gasteiger partial charge in [0.05, 0.1) is 26.4 Å². The van der Waals surface area contributed by atoms with Gasteiger partial charge in [0.1, 0.15) is 12.4 Å². The molecule has 1 aromatic rings. The summed E-state index contributed by atoms with van der Waals surface area (Å²) in [6.07, 6.45) is 1.34. The summed E-state index contributed by atoms with van der Waals surface area (Å²) in [6.45, 7) is 2.56. The van der Waals surface area contributed by atoms with Gasteiger partial charge in [-0.2, -0.15) is 0 Å². The van der Waals surface area contributed by atoms with E-state index in [1.807, 2.05) is 25.1 Å². The fraction of sp³-hybridized carbons (Fsp3) is 0.421. The number of amides is 1. The molecule has 1 fully saturated rings. The molecule has 27 heavy (non-hydrogen) atoms. The van der Waals surface area contributed by atoms with E-state index in [1.165, 1.54) is 14.2 Å². The Balaban J connectivity index is 2.10. The van der Waals surface area contributed by atoms with Gasteiger partial charge in [-0.3, -0.25) is 4.79 Å². The van der Waals surface area contributed by atoms with E-state index in [-0.39, 0.29) is 30.5 Å². The van der Waals surface area contributed by atoms with E-state index >= 15 is 0 Å². The number of esters is 2. The third kappa shape index (κ3) is 3.40. The van der Waals surface area contributed by atoms with Crippen molar-refractivity contribution in [1.82, 2.24) is 0 Å². The third-order valence-corrected chi connectivity index (χ3v) is 4.76. The average Bonchev–Trinajstić information content (AvgIpc) is 3.12. The van der Waals surface area contributed by atoms with E-state index in [9.17, 15) is 14.4 Å². The first kappa shape index (κ1) is 18.9. The van der Waals surface area contributed by atoms with E-state index in [2.05, 4.69) is 0 Å². The van der Waals surface area contributed by atoms with Crippen LogP contribution in [0.2, 0.25) is 0 Å². The first-order valence-corrected chi connectivity index (χ1v) is 8.64. The molecule has 0 bridgehead atoms. The zero-order valence-electron chi connectivity index (χ0n) is 15.6. The molecule has 0 atom stereocenters. The van der Waals surface area contributed by atoms with Gasteiger partial charge in [-0.25, -0.2) is 9.59 Å². The number of carbonyl (C=O) groups excluding carboxylic acids is 3. The Morgan fingerprint density at radius 1 is 1.07 bits per heavy atom. The van der Waals surface area contributed by atoms with Crippen LogP contribution in [0, 0.1) is 6.92 Å². The monoisotopic (exact) mass is 374 g/mol. The normalized spacial score (nSPS) is 17.4. The number of carbonyl (C=O) groups is 3. The van der Waals surface area contributed by atoms with Crippen molar-refractivity contribution < 1.29 is 28.6 Å². The van der Waals surface area contributed by atoms with E-state index in [4.69, 9.17) is 14.2 Å². The Kier molecular flexibility index (Phi) is 5.46. The molecule has 2 aliphatic rings. The number of ether oxygens (including phenoxy) is 3. The second-order valence-electron chi connectivity index (χ2n) is 6.29. The van der Waals surface area contributed by atoms with Crippen LogP contribution in [0.4, 0.5) is 11.4 Å². The molecule has 1 aromatic carbocycles. The van der Waals surface area contributed by atoms with Crippen LogP contribution in [-0.2, 0) is 28.6 Å². The minimum absolute atomic E-state index is 0.0447. The molecular formula is C19H22N2O6. The maximum atomic E-state index is 12.4. The third-order valence-electron chi connectivity index (χ3n) is 4.76. The van der Waals surface area contributed by atoms with Gasteiger partial charge in [0.2, 0.25) is 5.91 Å². The highest BCUT2D eigenvalue weighted by Crippen LogP contribution is 2.35. The quantitative estimate of drug-likeness (QED) is 0.739. The first-order valence-electron chi connectivity index (χ1n) is 8.64. The van der Waals surface area contributed by atoms with Crippen LogP contribution < -0.4 is 9.80 Å². The van der Waals surface area contributed by atoms with Crippen molar-refractivity contribution in [2.24, 2.45) is 0 Å². The summed E-state index contributed by atoms with van der Waals surface area (Å²) in [7, 11) is 2.50. The zero-order valence-corrected chi connectivity index (χ0v) is 15.6. The summed E-state index contributed by atoms with van der Waals surface area (Å²) in [5.41, 5.74) is 2.43. The van der Waals surface area contributed by atoms with Gasteiger partial charge in [0.15, 0.2) is 0 Å². The second kappa shape index (κ2) is 7.79. The number of hydrogen-bond donors (Lipinski definition) is 0. The van der Waals surface area contributed by atoms with Crippen LogP contribution in [0.3, 0.4) is 0 Å². The van der Waals surface area contributed by atoms with Crippen LogP contribution in [0.1, 0.15) is 18.4 Å². The Bertz CT molecular complexity index is 816. The van der Waals surface area contributed by atoms with E-state index in [1.54, 1.807) is 9.80 Å². The van der Waals surface area contributed by atoms with Crippen LogP contribution in [-0.4, -0.2) is 51.9 Å². The largest absolute Gasteiger partial charge is 0.466 e. The lowest BCUT2D eigenvalue weighted by molar-refractivity contribution is -0.140. The van der Waals surface area contributed by atoms with Gasteiger partial charge in [-0.15, -0.1) is 0 Å². The summed E-state index contributed by atoms with van der Waals surface area (Å²) < 4.78 is 15.2. The standard InChI is InChI=1S/C19H22N2O6/c1-12-14(20-9-5-8-16(20)22)6-4-7-15(12)21-11-27-10-13(18(23)25-2)17(21)19(24)26-3/h4,6-7H,5,8-11H2,1-3H3. The molecule has 0 radical (unpaired) electrons. The highest BCUT2D eigenvalue weighted by atomic mass is 16.5. The molecule has 8 heteroatoms. The van der Waals surface area contributed by atoms with Crippen LogP contribution in [0.15, 0.2) is 29.5 Å². The molecule has 8 nitrogen and oxygen atoms in total. The summed E-state index contributed by atoms with van der Waals surface area (Å²) in [4.78, 5) is 40.1. The fourth-order valence-electron chi connectivity index (χ4n) is 3.43. The lowest BCUT2D eigenvalue weighted by Crippen LogP contribution is -2.39. The van der Waals surface area contributed by atoms with Crippen molar-refractivity contribution in [2.75, 3.05) is 43.9 Å². The van der Waals surface area contributed by atoms with Gasteiger partial charge in [-0.05, 0) is 31.0 Å². The Morgan fingerprint density at radius 3 is 2.33 bits per heavy atom. The predicted molar refractivity (Wildman–Crippen MR) is 97.1 cm³/mol. The molecule has 1 amide bonds. The molecule has 144 valence electrons. The smallest absolute Gasteiger partial charge is 0.355 e. The number of methoxy groups -OCH3 is 2. The van der Waals surface area contributed by atoms with Crippen molar-refractivity contribution in [1.29, 1.82) is 0 Å². The van der Waals surface area contributed by atoms with E-state index in [0.717, 1.165) is 17.7 Å². The van der Waals surface area contributed by atoms with Crippen LogP contribution >= 0.6 is 0 Å². The van der Waals surface area contributed by atoms with E-state index in [0.29, 0.717) is 18.7 Å². The van der Waals surface area contributed by atoms with Gasteiger partial charge in [0, 0.05) is 24.3 Å². The number of rotatable bonds is 4. The molecule has 2 heterocycles. The summed E-state index contributed by atoms with van der Waals surface area (Å²) in [5, 5.41) is 0. The number of anilines is 2. The van der Waals surface area contributed by atoms with Gasteiger partial charge >= 0.3 is 11.9 Å². The molecule has 0 aromatic heterocycles. The van der Waals surface area contributed by atoms with Crippen molar-refractivity contribution in [2.45, 2.75) is 19.8 Å². The SMILES string of the molecule is COC(=O)C1=C(C(=O)OC)N(c2cccc(N3CCCC3=O)c2C)COC1. The molecular weight excluding hydrogens is 352 g/mol. The fourth-order valence-corrected chi connectivity index (χ4v) is 3.43. The Morgan fingerprint density at radius 2 is 1.74 bits per heavy atom. The molecule has 2 aliphatic heterocycles. The van der Waals surface area contributed by atoms with Gasteiger partial charge < -0.3 is 24.0 Å². The highest BCUT2D eigenvalue weighted by Gasteiger charge is 2.34. The lowest BCUT2D eigenvalue weighted by atomic mass is 10.1. The molecule has 3 rings (SSSR count). The zero-order chi connectivity index (χ0) is 19.6. The minimum Gasteiger partial charge on any atom is -0.466 e. The van der Waals surface area contributed by atoms with Crippen molar-refractivity contribution in [3.8, 4) is 0 Å². The summed E-state index contributed by atoms with van der Waals surface area (Å²) in [6, 6.07) is 5.49. The van der Waals surface area contributed by atoms with E-state index < -0.39 is 11.9 Å². The predicted octanol–water partition coefficient (Wildman–Crippen LogP) is 1.52. The topological polar surface area (TPSA) is 85.4 Å². The maximum absolute atomic E-state index is 12.4. The molecule has 1 saturated heterocycles. The Labute approximate surface area is 157 Å². The van der Waals surface area contributed by atoms with Gasteiger partial charge in [-0.1, -0.05) is 6.07 Å². The number of hydrogen-bond acceptors (Lipinski definition) is 7. The highest BCUT2D eigenvalue weighted by molar-refractivity contribution is 6.04. The second-order valence-corrected chi connectivity index (χ2v) is 6.29. The molecule has 0 spiro atoms. The molecule has 0 unspecified atom stereocenters. The van der Waals surface area contributed by atoms with Gasteiger partial charge in [0.25, 0.3) is 0 Å². The molecule has 0 aliphatic carbocycles. The molecule has 0 saturated carbocycles. The lowest BCUT2D eigenvalue weighted by Gasteiger charge is -2.33.